The Hall–Kier alpha value is -1.24. The van der Waals surface area contributed by atoms with E-state index < -0.39 is 0 Å². The summed E-state index contributed by atoms with van der Waals surface area (Å²) in [6.07, 6.45) is 3.36. The highest BCUT2D eigenvalue weighted by Gasteiger charge is 1.98. The molecule has 0 aliphatic rings. The van der Waals surface area contributed by atoms with Crippen molar-refractivity contribution < 1.29 is 9.59 Å². The Balaban J connectivity index is 3.09. The summed E-state index contributed by atoms with van der Waals surface area (Å²) in [4.78, 5) is 25.4. The summed E-state index contributed by atoms with van der Waals surface area (Å²) in [7, 11) is 0. The van der Waals surface area contributed by atoms with Gasteiger partial charge in [0.05, 0.1) is 6.42 Å². The van der Waals surface area contributed by atoms with Crippen molar-refractivity contribution in [3.05, 3.63) is 0 Å². The molecule has 0 atom stereocenters. The molecule has 0 amide bonds. The van der Waals surface area contributed by atoms with Gasteiger partial charge in [-0.1, -0.05) is 0 Å². The van der Waals surface area contributed by atoms with Crippen LogP contribution in [0.25, 0.3) is 0 Å². The van der Waals surface area contributed by atoms with Gasteiger partial charge in [0.15, 0.2) is 0 Å². The molecule has 0 aliphatic carbocycles. The molecule has 4 nitrogen and oxygen atoms in total. The molecule has 0 aliphatic heterocycles. The maximum Gasteiger partial charge on any atom is 0.496 e. The summed E-state index contributed by atoms with van der Waals surface area (Å²) in [6.45, 7) is 0.767. The zero-order chi connectivity index (χ0) is 6.95. The van der Waals surface area contributed by atoms with Gasteiger partial charge in [0.1, 0.15) is 9.98 Å². The second-order valence-electron chi connectivity index (χ2n) is 1.30. The van der Waals surface area contributed by atoms with Gasteiger partial charge >= 0.3 is 12.2 Å². The number of carbonyl (C=O) groups excluding carboxylic acids is 2. The molecule has 0 saturated carbocycles. The smallest absolute Gasteiger partial charge is 0.154 e. The summed E-state index contributed by atoms with van der Waals surface area (Å²) >= 11 is 0. The first-order valence-corrected chi connectivity index (χ1v) is 2.49. The molecular weight excluding hydrogens is 120 g/mol. The monoisotopic (exact) mass is 126 g/mol. The molecule has 0 aromatic carbocycles. The van der Waals surface area contributed by atoms with E-state index in [0.717, 1.165) is 0 Å². The summed E-state index contributed by atoms with van der Waals surface area (Å²) < 4.78 is 0. The fourth-order valence-electron chi connectivity index (χ4n) is 0.320. The van der Waals surface area contributed by atoms with Crippen molar-refractivity contribution in [3.63, 3.8) is 0 Å². The number of hydrogen-bond donors (Lipinski definition) is 0. The van der Waals surface area contributed by atoms with Crippen LogP contribution in [0.4, 0.5) is 0 Å². The SMILES string of the molecule is O=C=[N+]CCC[N+]=C=O. The summed E-state index contributed by atoms with van der Waals surface area (Å²) in [6, 6.07) is 0. The van der Waals surface area contributed by atoms with Crippen LogP contribution in [0.2, 0.25) is 0 Å². The number of rotatable bonds is 4. The van der Waals surface area contributed by atoms with E-state index in [2.05, 4.69) is 9.98 Å². The predicted molar refractivity (Wildman–Crippen MR) is 30.0 cm³/mol. The van der Waals surface area contributed by atoms with E-state index in [0.29, 0.717) is 19.5 Å². The van der Waals surface area contributed by atoms with E-state index in [1.54, 1.807) is 0 Å². The van der Waals surface area contributed by atoms with Crippen molar-refractivity contribution in [1.82, 2.24) is 9.98 Å². The predicted octanol–water partition coefficient (Wildman–Crippen LogP) is -1.28. The molecule has 0 fully saturated rings. The molecule has 0 saturated heterocycles. The van der Waals surface area contributed by atoms with Gasteiger partial charge in [-0.15, -0.1) is 0 Å². The van der Waals surface area contributed by atoms with Gasteiger partial charge in [0, 0.05) is 0 Å². The van der Waals surface area contributed by atoms with E-state index in [9.17, 15) is 9.59 Å². The molecule has 46 valence electrons. The van der Waals surface area contributed by atoms with Crippen LogP contribution in [0.1, 0.15) is 6.42 Å². The number of isocyanates is 2. The molecule has 0 spiro atoms. The fourth-order valence-corrected chi connectivity index (χ4v) is 0.320. The van der Waals surface area contributed by atoms with Crippen LogP contribution in [0.15, 0.2) is 0 Å². The van der Waals surface area contributed by atoms with Crippen LogP contribution in [-0.2, 0) is 9.59 Å². The van der Waals surface area contributed by atoms with Crippen molar-refractivity contribution in [2.24, 2.45) is 0 Å². The summed E-state index contributed by atoms with van der Waals surface area (Å²) in [5.41, 5.74) is 0. The Bertz CT molecular complexity index is 136. The Morgan fingerprint density at radius 1 is 1.00 bits per heavy atom. The number of nitrogens with zero attached hydrogens (tertiary/aromatic N) is 2. The molecule has 0 rings (SSSR count). The normalized spacial score (nSPS) is 7.11. The van der Waals surface area contributed by atoms with E-state index in [-0.39, 0.29) is 0 Å². The second-order valence-corrected chi connectivity index (χ2v) is 1.30. The van der Waals surface area contributed by atoms with Crippen LogP contribution >= 0.6 is 0 Å². The zero-order valence-corrected chi connectivity index (χ0v) is 4.83. The van der Waals surface area contributed by atoms with E-state index in [1.807, 2.05) is 0 Å². The second kappa shape index (κ2) is 6.76. The molecule has 0 aromatic heterocycles. The van der Waals surface area contributed by atoms with Crippen molar-refractivity contribution in [2.75, 3.05) is 13.1 Å². The molecule has 9 heavy (non-hydrogen) atoms. The van der Waals surface area contributed by atoms with Crippen molar-refractivity contribution in [3.8, 4) is 0 Å². The van der Waals surface area contributed by atoms with Crippen LogP contribution in [-0.4, -0.2) is 25.2 Å². The van der Waals surface area contributed by atoms with E-state index >= 15 is 0 Å². The Morgan fingerprint density at radius 2 is 1.44 bits per heavy atom. The standard InChI is InChI=1S/C5H6N2O2/c8-4-6-2-1-3-7-5-9/h1-3H2/q+2. The molecule has 0 aromatic rings. The molecule has 0 heterocycles. The van der Waals surface area contributed by atoms with Gasteiger partial charge in [-0.2, -0.15) is 9.59 Å². The first-order chi connectivity index (χ1) is 4.41. The van der Waals surface area contributed by atoms with Crippen molar-refractivity contribution in [2.45, 2.75) is 6.42 Å². The van der Waals surface area contributed by atoms with Gasteiger partial charge in [-0.25, -0.2) is 0 Å². The van der Waals surface area contributed by atoms with Crippen molar-refractivity contribution >= 4 is 12.2 Å². The Morgan fingerprint density at radius 3 is 1.78 bits per heavy atom. The lowest BCUT2D eigenvalue weighted by Crippen LogP contribution is -1.99. The first-order valence-electron chi connectivity index (χ1n) is 2.49. The van der Waals surface area contributed by atoms with Crippen LogP contribution < -0.4 is 9.98 Å². The lowest BCUT2D eigenvalue weighted by atomic mass is 10.4. The largest absolute Gasteiger partial charge is 0.496 e. The maximum absolute atomic E-state index is 9.44. The van der Waals surface area contributed by atoms with Gasteiger partial charge < -0.3 is 0 Å². The topological polar surface area (TPSA) is 62.3 Å². The molecule has 0 N–H and O–H groups in total. The van der Waals surface area contributed by atoms with Gasteiger partial charge in [0.2, 0.25) is 13.1 Å². The average molecular weight is 126 g/mol. The zero-order valence-electron chi connectivity index (χ0n) is 4.83. The van der Waals surface area contributed by atoms with Crippen LogP contribution in [0.3, 0.4) is 0 Å². The van der Waals surface area contributed by atoms with Crippen molar-refractivity contribution in [1.29, 1.82) is 0 Å². The summed E-state index contributed by atoms with van der Waals surface area (Å²) in [5, 5.41) is 0. The third-order valence-corrected chi connectivity index (χ3v) is 0.669. The Kier molecular flexibility index (Phi) is 5.83. The van der Waals surface area contributed by atoms with Gasteiger partial charge in [-0.3, -0.25) is 0 Å². The third-order valence-electron chi connectivity index (χ3n) is 0.669. The number of hydrogen-bond acceptors (Lipinski definition) is 4. The molecule has 4 heteroatoms. The number of aliphatic imine (C=N–C) groups is 2. The van der Waals surface area contributed by atoms with Crippen LogP contribution in [0, 0.1) is 0 Å². The molecule has 2 radical (unpaired) electrons. The average Bonchev–Trinajstić information content (AvgIpc) is 1.89. The minimum absolute atomic E-state index is 0.384. The molecule has 0 unspecified atom stereocenters. The van der Waals surface area contributed by atoms with Crippen LogP contribution in [0.5, 0.6) is 0 Å². The quantitative estimate of drug-likeness (QED) is 0.267. The minimum atomic E-state index is 0.384. The lowest BCUT2D eigenvalue weighted by molar-refractivity contribution is 0.555. The summed E-state index contributed by atoms with van der Waals surface area (Å²) in [5.74, 6) is 0. The first kappa shape index (κ1) is 7.76. The van der Waals surface area contributed by atoms with E-state index in [1.165, 1.54) is 12.2 Å². The molecular formula is C5H6N2O2+2. The highest BCUT2D eigenvalue weighted by molar-refractivity contribution is 5.31. The lowest BCUT2D eigenvalue weighted by Gasteiger charge is -1.62. The van der Waals surface area contributed by atoms with E-state index in [4.69, 9.17) is 0 Å². The highest BCUT2D eigenvalue weighted by Crippen LogP contribution is 1.66. The third kappa shape index (κ3) is 6.76. The minimum Gasteiger partial charge on any atom is -0.154 e. The fraction of sp³-hybridized carbons (Fsp3) is 0.600. The molecule has 0 bridgehead atoms. The Labute approximate surface area is 52.3 Å². The van der Waals surface area contributed by atoms with Gasteiger partial charge in [-0.05, 0) is 0 Å². The maximum atomic E-state index is 9.44. The van der Waals surface area contributed by atoms with Gasteiger partial charge in [0.25, 0.3) is 0 Å². The highest BCUT2D eigenvalue weighted by atomic mass is 16.1.